The van der Waals surface area contributed by atoms with Gasteiger partial charge in [0.05, 0.1) is 11.8 Å². The number of hydrogen-bond acceptors (Lipinski definition) is 4. The van der Waals surface area contributed by atoms with Gasteiger partial charge in [-0.3, -0.25) is 4.79 Å². The van der Waals surface area contributed by atoms with Crippen LogP contribution in [0.2, 0.25) is 0 Å². The van der Waals surface area contributed by atoms with Gasteiger partial charge in [0, 0.05) is 31.3 Å². The first-order chi connectivity index (χ1) is 12.7. The number of pyridine rings is 1. The number of aromatic nitrogens is 1. The lowest BCUT2D eigenvalue weighted by atomic mass is 10.1. The summed E-state index contributed by atoms with van der Waals surface area (Å²) in [5.74, 6) is -0.00405. The van der Waals surface area contributed by atoms with Crippen LogP contribution in [0.25, 0.3) is 11.3 Å². The van der Waals surface area contributed by atoms with Crippen molar-refractivity contribution in [1.82, 2.24) is 9.88 Å². The number of benzene rings is 1. The maximum Gasteiger partial charge on any atom is 0.253 e. The number of hydrogen-bond donors (Lipinski definition) is 0. The van der Waals surface area contributed by atoms with E-state index in [1.807, 2.05) is 43.4 Å². The Morgan fingerprint density at radius 3 is 2.96 bits per heavy atom. The summed E-state index contributed by atoms with van der Waals surface area (Å²) in [6.07, 6.45) is 4.59. The molecule has 1 fully saturated rings. The summed E-state index contributed by atoms with van der Waals surface area (Å²) < 4.78 is 5.63. The maximum atomic E-state index is 12.7. The van der Waals surface area contributed by atoms with Crippen molar-refractivity contribution in [2.75, 3.05) is 20.2 Å². The smallest absolute Gasteiger partial charge is 0.253 e. The lowest BCUT2D eigenvalue weighted by Crippen LogP contribution is -2.28. The van der Waals surface area contributed by atoms with Crippen LogP contribution in [0.15, 0.2) is 42.5 Å². The minimum absolute atomic E-state index is 0.00405. The molecule has 5 nitrogen and oxygen atoms in total. The van der Waals surface area contributed by atoms with Gasteiger partial charge >= 0.3 is 0 Å². The van der Waals surface area contributed by atoms with Crippen molar-refractivity contribution in [2.24, 2.45) is 0 Å². The molecule has 0 spiro atoms. The molecule has 1 aliphatic rings. The highest BCUT2D eigenvalue weighted by Crippen LogP contribution is 2.20. The number of rotatable bonds is 6. The predicted molar refractivity (Wildman–Crippen MR) is 99.6 cm³/mol. The largest absolute Gasteiger partial charge is 0.378 e. The fraction of sp³-hybridized carbons (Fsp3) is 0.381. The summed E-state index contributed by atoms with van der Waals surface area (Å²) in [6.45, 7) is 1.58. The van der Waals surface area contributed by atoms with Crippen LogP contribution in [-0.4, -0.2) is 42.1 Å². The third kappa shape index (κ3) is 4.47. The zero-order valence-corrected chi connectivity index (χ0v) is 15.0. The van der Waals surface area contributed by atoms with Gasteiger partial charge in [-0.05, 0) is 49.9 Å². The van der Waals surface area contributed by atoms with Crippen LogP contribution >= 0.6 is 0 Å². The first kappa shape index (κ1) is 18.1. The van der Waals surface area contributed by atoms with Crippen LogP contribution < -0.4 is 0 Å². The van der Waals surface area contributed by atoms with E-state index < -0.39 is 0 Å². The number of carbonyl (C=O) groups is 1. The lowest BCUT2D eigenvalue weighted by Gasteiger charge is -2.18. The molecule has 134 valence electrons. The van der Waals surface area contributed by atoms with Gasteiger partial charge in [0.25, 0.3) is 5.91 Å². The molecule has 3 rings (SSSR count). The summed E-state index contributed by atoms with van der Waals surface area (Å²) in [6, 6.07) is 14.8. The maximum absolute atomic E-state index is 12.7. The van der Waals surface area contributed by atoms with Crippen molar-refractivity contribution in [3.05, 3.63) is 53.7 Å². The third-order valence-electron chi connectivity index (χ3n) is 4.66. The topological polar surface area (TPSA) is 66.2 Å². The predicted octanol–water partition coefficient (Wildman–Crippen LogP) is 3.65. The van der Waals surface area contributed by atoms with E-state index in [2.05, 4.69) is 4.98 Å². The first-order valence-electron chi connectivity index (χ1n) is 9.02. The zero-order chi connectivity index (χ0) is 18.4. The van der Waals surface area contributed by atoms with E-state index >= 15 is 0 Å². The molecule has 0 N–H and O–H groups in total. The Labute approximate surface area is 154 Å². The van der Waals surface area contributed by atoms with E-state index in [0.29, 0.717) is 29.6 Å². The molecule has 1 aliphatic heterocycles. The van der Waals surface area contributed by atoms with Crippen molar-refractivity contribution in [3.63, 3.8) is 0 Å². The molecule has 2 aromatic rings. The first-order valence-corrected chi connectivity index (χ1v) is 9.02. The van der Waals surface area contributed by atoms with Gasteiger partial charge in [0.15, 0.2) is 0 Å². The highest BCUT2D eigenvalue weighted by Gasteiger charge is 2.17. The monoisotopic (exact) mass is 349 g/mol. The highest BCUT2D eigenvalue weighted by atomic mass is 16.5. The lowest BCUT2D eigenvalue weighted by molar-refractivity contribution is 0.0763. The Morgan fingerprint density at radius 2 is 2.19 bits per heavy atom. The molecule has 26 heavy (non-hydrogen) atoms. The molecule has 0 saturated carbocycles. The molecule has 2 heterocycles. The van der Waals surface area contributed by atoms with Gasteiger partial charge in [0.1, 0.15) is 11.8 Å². The van der Waals surface area contributed by atoms with E-state index in [1.54, 1.807) is 17.0 Å². The molecule has 5 heteroatoms. The van der Waals surface area contributed by atoms with Gasteiger partial charge in [-0.15, -0.1) is 0 Å². The fourth-order valence-electron chi connectivity index (χ4n) is 3.22. The molecule has 0 aliphatic carbocycles. The number of amides is 1. The van der Waals surface area contributed by atoms with Crippen molar-refractivity contribution >= 4 is 5.91 Å². The van der Waals surface area contributed by atoms with E-state index in [0.717, 1.165) is 37.9 Å². The number of ether oxygens (including phenoxy) is 1. The van der Waals surface area contributed by atoms with E-state index in [9.17, 15) is 4.79 Å². The van der Waals surface area contributed by atoms with Gasteiger partial charge < -0.3 is 9.64 Å². The van der Waals surface area contributed by atoms with Gasteiger partial charge in [-0.25, -0.2) is 4.98 Å². The zero-order valence-electron chi connectivity index (χ0n) is 15.0. The van der Waals surface area contributed by atoms with E-state index in [-0.39, 0.29) is 5.91 Å². The van der Waals surface area contributed by atoms with Crippen LogP contribution in [0, 0.1) is 11.3 Å². The van der Waals surface area contributed by atoms with Crippen LogP contribution in [0.1, 0.15) is 41.7 Å². The molecule has 1 aromatic heterocycles. The second-order valence-corrected chi connectivity index (χ2v) is 6.60. The second-order valence-electron chi connectivity index (χ2n) is 6.60. The Balaban J connectivity index is 1.64. The SMILES string of the molecule is CN(CCCC1CCCO1)C(=O)c1cccc(-c2cccc(C#N)n2)c1. The summed E-state index contributed by atoms with van der Waals surface area (Å²) in [7, 11) is 1.83. The quantitative estimate of drug-likeness (QED) is 0.798. The minimum Gasteiger partial charge on any atom is -0.378 e. The Morgan fingerprint density at radius 1 is 1.35 bits per heavy atom. The summed E-state index contributed by atoms with van der Waals surface area (Å²) in [5.41, 5.74) is 2.53. The fourth-order valence-corrected chi connectivity index (χ4v) is 3.22. The normalized spacial score (nSPS) is 16.2. The molecule has 0 bridgehead atoms. The second kappa shape index (κ2) is 8.59. The average Bonchev–Trinajstić information content (AvgIpc) is 3.21. The van der Waals surface area contributed by atoms with Crippen LogP contribution in [0.5, 0.6) is 0 Å². The number of nitrogens with zero attached hydrogens (tertiary/aromatic N) is 3. The molecule has 1 amide bonds. The molecular formula is C21H23N3O2. The summed E-state index contributed by atoms with van der Waals surface area (Å²) >= 11 is 0. The standard InChI is InChI=1S/C21H23N3O2/c1-24(12-4-9-19-10-5-13-26-19)21(25)17-7-2-6-16(14-17)20-11-3-8-18(15-22)23-20/h2-3,6-8,11,14,19H,4-5,9-10,12-13H2,1H3. The van der Waals surface area contributed by atoms with Crippen molar-refractivity contribution in [3.8, 4) is 17.3 Å². The van der Waals surface area contributed by atoms with E-state index in [4.69, 9.17) is 10.00 Å². The Kier molecular flexibility index (Phi) is 5.98. The molecule has 1 unspecified atom stereocenters. The number of carbonyl (C=O) groups excluding carboxylic acids is 1. The van der Waals surface area contributed by atoms with Crippen molar-refractivity contribution in [2.45, 2.75) is 31.8 Å². The molecule has 1 aromatic carbocycles. The summed E-state index contributed by atoms with van der Waals surface area (Å²) in [5, 5.41) is 9.00. The van der Waals surface area contributed by atoms with Crippen LogP contribution in [-0.2, 0) is 4.74 Å². The molecule has 1 atom stereocenters. The Bertz CT molecular complexity index is 807. The van der Waals surface area contributed by atoms with Gasteiger partial charge in [-0.1, -0.05) is 18.2 Å². The van der Waals surface area contributed by atoms with Gasteiger partial charge in [-0.2, -0.15) is 5.26 Å². The average molecular weight is 349 g/mol. The molecule has 0 radical (unpaired) electrons. The van der Waals surface area contributed by atoms with Crippen LogP contribution in [0.4, 0.5) is 0 Å². The van der Waals surface area contributed by atoms with Gasteiger partial charge in [0.2, 0.25) is 0 Å². The third-order valence-corrected chi connectivity index (χ3v) is 4.66. The van der Waals surface area contributed by atoms with Crippen molar-refractivity contribution in [1.29, 1.82) is 5.26 Å². The number of nitriles is 1. The molecular weight excluding hydrogens is 326 g/mol. The van der Waals surface area contributed by atoms with E-state index in [1.165, 1.54) is 0 Å². The summed E-state index contributed by atoms with van der Waals surface area (Å²) in [4.78, 5) is 18.8. The highest BCUT2D eigenvalue weighted by molar-refractivity contribution is 5.95. The minimum atomic E-state index is -0.00405. The van der Waals surface area contributed by atoms with Crippen LogP contribution in [0.3, 0.4) is 0 Å². The molecule has 1 saturated heterocycles. The van der Waals surface area contributed by atoms with Crippen molar-refractivity contribution < 1.29 is 9.53 Å². The Hall–Kier alpha value is -2.71.